The van der Waals surface area contributed by atoms with E-state index in [0.29, 0.717) is 0 Å². The molecule has 25 heavy (non-hydrogen) atoms. The number of allylic oxidation sites excluding steroid dienone is 4. The summed E-state index contributed by atoms with van der Waals surface area (Å²) in [6.45, 7) is 0. The first-order valence-corrected chi connectivity index (χ1v) is 12.1. The molecule has 0 unspecified atom stereocenters. The molecule has 3 aliphatic rings. The average molecular weight is 451 g/mol. The Morgan fingerprint density at radius 1 is 0.640 bits per heavy atom. The third-order valence-corrected chi connectivity index (χ3v) is 9.31. The molecule has 3 aliphatic carbocycles. The van der Waals surface area contributed by atoms with E-state index in [4.69, 9.17) is 0 Å². The minimum absolute atomic E-state index is 0. The van der Waals surface area contributed by atoms with Crippen LogP contribution in [-0.4, -0.2) is 11.3 Å². The smallest absolute Gasteiger partial charge is 0.0718 e. The Kier molecular flexibility index (Phi) is 14.0. The molecule has 0 saturated heterocycles. The van der Waals surface area contributed by atoms with Crippen LogP contribution in [-0.2, 0) is 19.5 Å². The minimum atomic E-state index is -0.490. The molecule has 1 radical (unpaired) electrons. The van der Waals surface area contributed by atoms with E-state index >= 15 is 0 Å². The summed E-state index contributed by atoms with van der Waals surface area (Å²) in [5, 5.41) is 10.9. The standard InChI is InChI=1S/C14H25OP.C8H12.Rh/c15-11-12-16(13-7-3-1-4-8-13)14-9-5-2-6-10-14;1-2-4-6-8-7-5-3-1;/h11-15H,1-10H2;1-2,7-8H,3-6H2;/b12-11-;2-1-,8-7-;. The van der Waals surface area contributed by atoms with Gasteiger partial charge in [-0.25, -0.2) is 0 Å². The van der Waals surface area contributed by atoms with Crippen molar-refractivity contribution in [1.29, 1.82) is 0 Å². The first-order chi connectivity index (χ1) is 11.9. The molecular formula is C22H37OPRh. The van der Waals surface area contributed by atoms with E-state index in [1.165, 1.54) is 89.9 Å². The van der Waals surface area contributed by atoms with E-state index in [-0.39, 0.29) is 19.5 Å². The molecule has 145 valence electrons. The predicted molar refractivity (Wildman–Crippen MR) is 108 cm³/mol. The topological polar surface area (TPSA) is 23.1 Å². The Morgan fingerprint density at radius 2 is 1.00 bits per heavy atom. The summed E-state index contributed by atoms with van der Waals surface area (Å²) in [6.07, 6.45) is 29.3. The third-order valence-electron chi connectivity index (χ3n) is 5.75. The zero-order chi connectivity index (χ0) is 16.9. The van der Waals surface area contributed by atoms with Gasteiger partial charge in [0.15, 0.2) is 0 Å². The van der Waals surface area contributed by atoms with Crippen molar-refractivity contribution >= 4 is 7.92 Å². The van der Waals surface area contributed by atoms with Gasteiger partial charge in [0.25, 0.3) is 0 Å². The second-order valence-corrected chi connectivity index (χ2v) is 10.5. The van der Waals surface area contributed by atoms with Crippen LogP contribution in [0.2, 0.25) is 0 Å². The quantitative estimate of drug-likeness (QED) is 0.212. The molecule has 3 heteroatoms. The van der Waals surface area contributed by atoms with Crippen LogP contribution in [0.1, 0.15) is 89.9 Å². The van der Waals surface area contributed by atoms with Gasteiger partial charge < -0.3 is 5.11 Å². The maximum atomic E-state index is 10.9. The van der Waals surface area contributed by atoms with Crippen molar-refractivity contribution in [2.75, 3.05) is 0 Å². The van der Waals surface area contributed by atoms with Crippen molar-refractivity contribution in [2.24, 2.45) is 0 Å². The summed E-state index contributed by atoms with van der Waals surface area (Å²) >= 11 is 0. The molecule has 2 fully saturated rings. The summed E-state index contributed by atoms with van der Waals surface area (Å²) in [5.74, 6) is 2.09. The molecule has 0 aliphatic heterocycles. The van der Waals surface area contributed by atoms with E-state index in [1.54, 1.807) is 0 Å². The number of hydrogen-bond acceptors (Lipinski definition) is 1. The van der Waals surface area contributed by atoms with Crippen molar-refractivity contribution in [3.63, 3.8) is 0 Å². The zero-order valence-electron chi connectivity index (χ0n) is 15.8. The van der Waals surface area contributed by atoms with Crippen LogP contribution in [0, 0.1) is 0 Å². The van der Waals surface area contributed by atoms with E-state index in [2.05, 4.69) is 30.1 Å². The van der Waals surface area contributed by atoms with Gasteiger partial charge in [-0.2, -0.15) is 0 Å². The van der Waals surface area contributed by atoms with Gasteiger partial charge in [0.2, 0.25) is 0 Å². The Balaban J connectivity index is 0.000000295. The Bertz CT molecular complexity index is 349. The normalized spacial score (nSPS) is 25.3. The van der Waals surface area contributed by atoms with Crippen LogP contribution in [0.15, 0.2) is 36.4 Å². The van der Waals surface area contributed by atoms with E-state index in [1.807, 2.05) is 0 Å². The Labute approximate surface area is 169 Å². The second kappa shape index (κ2) is 15.2. The third kappa shape index (κ3) is 9.53. The molecule has 2 saturated carbocycles. The second-order valence-electron chi connectivity index (χ2n) is 7.57. The maximum Gasteiger partial charge on any atom is 0.0718 e. The monoisotopic (exact) mass is 451 g/mol. The molecule has 0 heterocycles. The van der Waals surface area contributed by atoms with Gasteiger partial charge >= 0.3 is 0 Å². The summed E-state index contributed by atoms with van der Waals surface area (Å²) in [6, 6.07) is 0. The molecule has 0 atom stereocenters. The average Bonchev–Trinajstić information content (AvgIpc) is 2.61. The fourth-order valence-corrected chi connectivity index (χ4v) is 7.93. The van der Waals surface area contributed by atoms with Crippen LogP contribution in [0.25, 0.3) is 0 Å². The summed E-state index contributed by atoms with van der Waals surface area (Å²) < 4.78 is 0. The van der Waals surface area contributed by atoms with E-state index in [9.17, 15) is 5.11 Å². The Morgan fingerprint density at radius 3 is 1.32 bits per heavy atom. The predicted octanol–water partition coefficient (Wildman–Crippen LogP) is 6.37. The summed E-state index contributed by atoms with van der Waals surface area (Å²) in [5.41, 5.74) is 1.85. The largest absolute Gasteiger partial charge is 0.876 e. The van der Waals surface area contributed by atoms with E-state index in [0.717, 1.165) is 17.6 Å². The molecule has 3 rings (SSSR count). The molecule has 1 nitrogen and oxygen atoms in total. The van der Waals surface area contributed by atoms with Gasteiger partial charge in [-0.3, -0.25) is 0 Å². The van der Waals surface area contributed by atoms with Crippen molar-refractivity contribution in [2.45, 2.75) is 101 Å². The van der Waals surface area contributed by atoms with Gasteiger partial charge in [0.1, 0.15) is 0 Å². The molecule has 0 aromatic heterocycles. The fourth-order valence-electron chi connectivity index (χ4n) is 4.41. The Hall–Kier alpha value is 0.0734. The van der Waals surface area contributed by atoms with Crippen LogP contribution in [0.5, 0.6) is 0 Å². The van der Waals surface area contributed by atoms with Crippen LogP contribution < -0.4 is 5.11 Å². The minimum Gasteiger partial charge on any atom is -0.876 e. The van der Waals surface area contributed by atoms with Gasteiger partial charge in [-0.15, -0.1) is 6.26 Å². The maximum absolute atomic E-state index is 10.9. The van der Waals surface area contributed by atoms with Crippen LogP contribution >= 0.6 is 7.92 Å². The number of rotatable bonds is 3. The van der Waals surface area contributed by atoms with Crippen molar-refractivity contribution < 1.29 is 24.6 Å². The van der Waals surface area contributed by atoms with Crippen molar-refractivity contribution in [3.8, 4) is 0 Å². The number of hydrogen-bond donors (Lipinski definition) is 0. The molecular weight excluding hydrogens is 414 g/mol. The van der Waals surface area contributed by atoms with Crippen LogP contribution in [0.4, 0.5) is 0 Å². The molecule has 0 N–H and O–H groups in total. The van der Waals surface area contributed by atoms with Crippen molar-refractivity contribution in [3.05, 3.63) is 36.4 Å². The van der Waals surface area contributed by atoms with Gasteiger partial charge in [-0.1, -0.05) is 37.1 Å². The van der Waals surface area contributed by atoms with Gasteiger partial charge in [0, 0.05) is 33.2 Å². The van der Waals surface area contributed by atoms with Crippen molar-refractivity contribution in [1.82, 2.24) is 0 Å². The fraction of sp³-hybridized carbons (Fsp3) is 0.727. The molecule has 0 aromatic carbocycles. The molecule has 0 bridgehead atoms. The zero-order valence-corrected chi connectivity index (χ0v) is 18.4. The first-order valence-electron chi connectivity index (χ1n) is 10.4. The van der Waals surface area contributed by atoms with Gasteiger partial charge in [0.05, 0.1) is 11.3 Å². The molecule has 0 aromatic rings. The van der Waals surface area contributed by atoms with Gasteiger partial charge in [-0.05, 0) is 77.0 Å². The molecule has 0 amide bonds. The SMILES string of the molecule is C1=C\CC/C=C\CC/1.[O-]/C=C\[PH+](C1CCCCC1)C1CCCCC1.[Rh]. The first kappa shape index (κ1) is 23.1. The summed E-state index contributed by atoms with van der Waals surface area (Å²) in [4.78, 5) is 0. The van der Waals surface area contributed by atoms with E-state index < -0.39 is 7.92 Å². The van der Waals surface area contributed by atoms with Crippen LogP contribution in [0.3, 0.4) is 0 Å². The molecule has 0 spiro atoms. The summed E-state index contributed by atoms with van der Waals surface area (Å²) in [7, 11) is -0.490.